The number of hydrogen-bond acceptors (Lipinski definition) is 3. The molecule has 0 amide bonds. The second-order valence-electron chi connectivity index (χ2n) is 5.10. The lowest BCUT2D eigenvalue weighted by Gasteiger charge is -2.06. The number of carbonyl (C=O) groups is 1. The number of Topliss-reactive ketones (excluding diaryl/α,β-unsaturated/α-hetero) is 1. The lowest BCUT2D eigenvalue weighted by Crippen LogP contribution is -1.99. The Balaban J connectivity index is 0.00000117. The van der Waals surface area contributed by atoms with E-state index in [1.807, 2.05) is 77.1 Å². The third-order valence-electron chi connectivity index (χ3n) is 3.68. The minimum atomic E-state index is 0. The van der Waals surface area contributed by atoms with Gasteiger partial charge in [-0.1, -0.05) is 71.0 Å². The van der Waals surface area contributed by atoms with Gasteiger partial charge in [0.1, 0.15) is 5.78 Å². The third-order valence-corrected chi connectivity index (χ3v) is 3.68. The lowest BCUT2D eigenvalue weighted by molar-refractivity contribution is -0.118. The maximum Gasteiger partial charge on any atom is 0.153 e. The van der Waals surface area contributed by atoms with Gasteiger partial charge in [-0.05, 0) is 22.8 Å². The van der Waals surface area contributed by atoms with Crippen LogP contribution in [0.1, 0.15) is 46.6 Å². The van der Waals surface area contributed by atoms with E-state index in [0.717, 1.165) is 27.6 Å². The number of anilines is 1. The number of H-pyrrole nitrogens is 1. The molecule has 2 aromatic carbocycles. The molecule has 0 bridgehead atoms. The fourth-order valence-electron chi connectivity index (χ4n) is 2.49. The van der Waals surface area contributed by atoms with Gasteiger partial charge in [0.05, 0.1) is 10.9 Å². The summed E-state index contributed by atoms with van der Waals surface area (Å²) in [6.07, 6.45) is 1.07. The highest BCUT2D eigenvalue weighted by Gasteiger charge is 2.09. The SMILES string of the molecule is CC.CC.CCC(=O)Cc1ccc(-c2cccc3[nH]nc(N)c23)cc1.[B]. The van der Waals surface area contributed by atoms with Gasteiger partial charge in [0.15, 0.2) is 5.82 Å². The van der Waals surface area contributed by atoms with Crippen LogP contribution in [0.25, 0.3) is 22.0 Å². The van der Waals surface area contributed by atoms with Crippen molar-refractivity contribution < 1.29 is 4.79 Å². The molecule has 3 rings (SSSR count). The maximum absolute atomic E-state index is 11.5. The van der Waals surface area contributed by atoms with Crippen molar-refractivity contribution in [3.05, 3.63) is 48.0 Å². The minimum absolute atomic E-state index is 0. The highest BCUT2D eigenvalue weighted by molar-refractivity contribution is 6.01. The Morgan fingerprint density at radius 3 is 2.23 bits per heavy atom. The molecule has 3 N–H and O–H groups in total. The molecular formula is C21H29BN3O. The number of carbonyl (C=O) groups excluding carboxylic acids is 1. The molecule has 0 aliphatic heterocycles. The van der Waals surface area contributed by atoms with Crippen molar-refractivity contribution in [2.45, 2.75) is 47.5 Å². The summed E-state index contributed by atoms with van der Waals surface area (Å²) in [4.78, 5) is 11.5. The number of aromatic nitrogens is 2. The standard InChI is InChI=1S/C17H17N3O.2C2H6.B/c1-2-13(21)10-11-6-8-12(9-7-11)14-4-3-5-15-16(14)17(18)20-19-15;2*1-2;/h3-9H,2,10H2,1H3,(H3,18,19,20);2*1-2H3;. The average molecular weight is 350 g/mol. The smallest absolute Gasteiger partial charge is 0.153 e. The zero-order chi connectivity index (χ0) is 18.8. The zero-order valence-corrected chi connectivity index (χ0v) is 16.5. The van der Waals surface area contributed by atoms with E-state index in [2.05, 4.69) is 10.2 Å². The van der Waals surface area contributed by atoms with Crippen LogP contribution in [0.5, 0.6) is 0 Å². The first-order valence-corrected chi connectivity index (χ1v) is 9.02. The Labute approximate surface area is 158 Å². The van der Waals surface area contributed by atoms with Crippen LogP contribution in [-0.2, 0) is 11.2 Å². The summed E-state index contributed by atoms with van der Waals surface area (Å²) in [7, 11) is 0. The van der Waals surface area contributed by atoms with Gasteiger partial charge in [0, 0.05) is 21.3 Å². The van der Waals surface area contributed by atoms with Crippen LogP contribution in [0.3, 0.4) is 0 Å². The van der Waals surface area contributed by atoms with Gasteiger partial charge in [-0.15, -0.1) is 0 Å². The first-order valence-electron chi connectivity index (χ1n) is 9.02. The summed E-state index contributed by atoms with van der Waals surface area (Å²) in [5.74, 6) is 0.759. The van der Waals surface area contributed by atoms with E-state index in [-0.39, 0.29) is 14.2 Å². The summed E-state index contributed by atoms with van der Waals surface area (Å²) in [6, 6.07) is 14.0. The summed E-state index contributed by atoms with van der Waals surface area (Å²) >= 11 is 0. The van der Waals surface area contributed by atoms with Crippen molar-refractivity contribution in [3.8, 4) is 11.1 Å². The summed E-state index contributed by atoms with van der Waals surface area (Å²) in [5, 5.41) is 7.92. The molecule has 0 fully saturated rings. The second kappa shape index (κ2) is 11.9. The van der Waals surface area contributed by atoms with Crippen molar-refractivity contribution in [3.63, 3.8) is 0 Å². The Bertz CT molecular complexity index is 795. The van der Waals surface area contributed by atoms with Crippen molar-refractivity contribution in [2.24, 2.45) is 0 Å². The normalized spacial score (nSPS) is 9.27. The largest absolute Gasteiger partial charge is 0.382 e. The molecule has 4 nitrogen and oxygen atoms in total. The predicted octanol–water partition coefficient (Wildman–Crippen LogP) is 5.01. The number of aromatic amines is 1. The highest BCUT2D eigenvalue weighted by Crippen LogP contribution is 2.31. The van der Waals surface area contributed by atoms with E-state index in [1.165, 1.54) is 0 Å². The summed E-state index contributed by atoms with van der Waals surface area (Å²) in [6.45, 7) is 9.89. The molecule has 0 spiro atoms. The average Bonchev–Trinajstić information content (AvgIpc) is 3.07. The molecule has 0 atom stereocenters. The summed E-state index contributed by atoms with van der Waals surface area (Å²) < 4.78 is 0. The van der Waals surface area contributed by atoms with Crippen LogP contribution in [0.4, 0.5) is 5.82 Å². The molecule has 1 heterocycles. The van der Waals surface area contributed by atoms with Crippen LogP contribution in [0.15, 0.2) is 42.5 Å². The molecule has 0 aliphatic rings. The van der Waals surface area contributed by atoms with Crippen LogP contribution >= 0.6 is 0 Å². The highest BCUT2D eigenvalue weighted by atomic mass is 16.1. The Hall–Kier alpha value is -2.56. The number of ketones is 1. The molecule has 0 saturated carbocycles. The minimum Gasteiger partial charge on any atom is -0.382 e. The van der Waals surface area contributed by atoms with Gasteiger partial charge in [-0.2, -0.15) is 5.10 Å². The van der Waals surface area contributed by atoms with Crippen LogP contribution in [0, 0.1) is 0 Å². The summed E-state index contributed by atoms with van der Waals surface area (Å²) in [5.41, 5.74) is 10.0. The quantitative estimate of drug-likeness (QED) is 0.650. The number of benzene rings is 2. The molecule has 5 heteroatoms. The number of nitrogen functional groups attached to an aromatic ring is 1. The number of rotatable bonds is 4. The number of nitrogens with one attached hydrogen (secondary N) is 1. The molecule has 0 aliphatic carbocycles. The van der Waals surface area contributed by atoms with Gasteiger partial charge in [-0.3, -0.25) is 9.89 Å². The van der Waals surface area contributed by atoms with Gasteiger partial charge < -0.3 is 5.73 Å². The Morgan fingerprint density at radius 1 is 1.04 bits per heavy atom. The van der Waals surface area contributed by atoms with Gasteiger partial charge >= 0.3 is 0 Å². The third kappa shape index (κ3) is 5.48. The molecule has 137 valence electrons. The Morgan fingerprint density at radius 2 is 1.65 bits per heavy atom. The molecule has 1 aromatic heterocycles. The van der Waals surface area contributed by atoms with E-state index in [9.17, 15) is 4.79 Å². The monoisotopic (exact) mass is 350 g/mol. The van der Waals surface area contributed by atoms with Gasteiger partial charge in [-0.25, -0.2) is 0 Å². The van der Waals surface area contributed by atoms with Crippen LogP contribution in [0.2, 0.25) is 0 Å². The predicted molar refractivity (Wildman–Crippen MR) is 113 cm³/mol. The number of nitrogens with zero attached hydrogens (tertiary/aromatic N) is 1. The first kappa shape index (κ1) is 23.4. The van der Waals surface area contributed by atoms with Crippen LogP contribution < -0.4 is 5.73 Å². The first-order chi connectivity index (χ1) is 12.2. The molecule has 0 saturated heterocycles. The maximum atomic E-state index is 11.5. The van der Waals surface area contributed by atoms with E-state index in [4.69, 9.17) is 5.73 Å². The van der Waals surface area contributed by atoms with E-state index in [1.54, 1.807) is 0 Å². The molecule has 3 radical (unpaired) electrons. The van der Waals surface area contributed by atoms with E-state index in [0.29, 0.717) is 18.7 Å². The van der Waals surface area contributed by atoms with Gasteiger partial charge in [0.25, 0.3) is 0 Å². The van der Waals surface area contributed by atoms with Crippen molar-refractivity contribution >= 4 is 30.9 Å². The molecule has 3 aromatic rings. The van der Waals surface area contributed by atoms with Gasteiger partial charge in [0.2, 0.25) is 0 Å². The van der Waals surface area contributed by atoms with E-state index < -0.39 is 0 Å². The van der Waals surface area contributed by atoms with Crippen molar-refractivity contribution in [1.82, 2.24) is 10.2 Å². The molecular weight excluding hydrogens is 321 g/mol. The number of nitrogens with two attached hydrogens (primary N) is 1. The fourth-order valence-corrected chi connectivity index (χ4v) is 2.49. The Kier molecular flexibility index (Phi) is 10.7. The second-order valence-corrected chi connectivity index (χ2v) is 5.10. The molecule has 0 unspecified atom stereocenters. The topological polar surface area (TPSA) is 71.8 Å². The molecule has 26 heavy (non-hydrogen) atoms. The lowest BCUT2D eigenvalue weighted by atomic mass is 9.99. The number of hydrogen-bond donors (Lipinski definition) is 2. The fraction of sp³-hybridized carbons (Fsp3) is 0.333. The van der Waals surface area contributed by atoms with Crippen molar-refractivity contribution in [2.75, 3.05) is 5.73 Å². The zero-order valence-electron chi connectivity index (χ0n) is 16.5. The van der Waals surface area contributed by atoms with E-state index >= 15 is 0 Å². The van der Waals surface area contributed by atoms with Crippen LogP contribution in [-0.4, -0.2) is 24.4 Å². The van der Waals surface area contributed by atoms with Crippen molar-refractivity contribution in [1.29, 1.82) is 0 Å². The number of fused-ring (bicyclic) bond motifs is 1.